The van der Waals surface area contributed by atoms with Gasteiger partial charge >= 0.3 is 0 Å². The summed E-state index contributed by atoms with van der Waals surface area (Å²) in [6.45, 7) is 10.6. The highest BCUT2D eigenvalue weighted by Gasteiger charge is 2.25. The molecule has 0 radical (unpaired) electrons. The van der Waals surface area contributed by atoms with E-state index in [1.807, 2.05) is 45.9 Å². The maximum Gasteiger partial charge on any atom is 0.225 e. The average molecular weight is 349 g/mol. The van der Waals surface area contributed by atoms with Crippen molar-refractivity contribution >= 4 is 16.9 Å². The Kier molecular flexibility index (Phi) is 4.86. The summed E-state index contributed by atoms with van der Waals surface area (Å²) in [4.78, 5) is 17.3. The minimum atomic E-state index is -0.429. The van der Waals surface area contributed by atoms with Crippen LogP contribution in [0.1, 0.15) is 50.7 Å². The fraction of sp³-hybridized carbons (Fsp3) is 0.364. The lowest BCUT2D eigenvalue weighted by Gasteiger charge is -2.22. The molecule has 1 unspecified atom stereocenters. The van der Waals surface area contributed by atoms with Gasteiger partial charge in [-0.05, 0) is 37.1 Å². The molecular formula is C22H27N3O. The first-order valence-corrected chi connectivity index (χ1v) is 9.08. The number of rotatable bonds is 4. The van der Waals surface area contributed by atoms with E-state index >= 15 is 0 Å². The third-order valence-corrected chi connectivity index (χ3v) is 4.69. The van der Waals surface area contributed by atoms with Crippen molar-refractivity contribution in [1.82, 2.24) is 14.9 Å². The monoisotopic (exact) mass is 349 g/mol. The molecule has 0 aliphatic heterocycles. The molecule has 0 fully saturated rings. The minimum Gasteiger partial charge on any atom is -0.346 e. The number of amides is 1. The van der Waals surface area contributed by atoms with Crippen LogP contribution in [0.4, 0.5) is 0 Å². The standard InChI is InChI=1S/C22H27N3O/c1-15-10-6-7-11-17(15)14-25-19-13-9-8-12-18(19)24-20(25)16(2)23-21(26)22(3,4)5/h6-13,16H,14H2,1-5H3,(H,23,26). The zero-order valence-corrected chi connectivity index (χ0v) is 16.2. The molecule has 136 valence electrons. The van der Waals surface area contributed by atoms with Crippen molar-refractivity contribution in [2.75, 3.05) is 0 Å². The van der Waals surface area contributed by atoms with E-state index in [9.17, 15) is 4.79 Å². The predicted octanol–water partition coefficient (Wildman–Crippen LogP) is 4.62. The first-order valence-electron chi connectivity index (χ1n) is 9.08. The lowest BCUT2D eigenvalue weighted by molar-refractivity contribution is -0.129. The summed E-state index contributed by atoms with van der Waals surface area (Å²) < 4.78 is 2.21. The fourth-order valence-corrected chi connectivity index (χ4v) is 3.03. The summed E-state index contributed by atoms with van der Waals surface area (Å²) >= 11 is 0. The molecule has 3 aromatic rings. The van der Waals surface area contributed by atoms with Gasteiger partial charge in [0.1, 0.15) is 5.82 Å². The van der Waals surface area contributed by atoms with E-state index in [2.05, 4.69) is 47.1 Å². The lowest BCUT2D eigenvalue weighted by atomic mass is 9.95. The number of carbonyl (C=O) groups excluding carboxylic acids is 1. The molecular weight excluding hydrogens is 322 g/mol. The topological polar surface area (TPSA) is 46.9 Å². The number of para-hydroxylation sites is 2. The van der Waals surface area contributed by atoms with E-state index in [1.165, 1.54) is 11.1 Å². The van der Waals surface area contributed by atoms with E-state index in [-0.39, 0.29) is 11.9 Å². The lowest BCUT2D eigenvalue weighted by Crippen LogP contribution is -2.37. The van der Waals surface area contributed by atoms with Gasteiger partial charge in [0.25, 0.3) is 0 Å². The van der Waals surface area contributed by atoms with E-state index in [0.717, 1.165) is 23.4 Å². The van der Waals surface area contributed by atoms with Crippen molar-refractivity contribution in [3.05, 3.63) is 65.5 Å². The molecule has 1 N–H and O–H groups in total. The summed E-state index contributed by atoms with van der Waals surface area (Å²) in [5, 5.41) is 3.12. The molecule has 0 saturated heterocycles. The molecule has 0 aliphatic carbocycles. The van der Waals surface area contributed by atoms with Crippen molar-refractivity contribution in [1.29, 1.82) is 0 Å². The number of hydrogen-bond donors (Lipinski definition) is 1. The van der Waals surface area contributed by atoms with Gasteiger partial charge in [-0.25, -0.2) is 4.98 Å². The maximum atomic E-state index is 12.4. The third kappa shape index (κ3) is 3.64. The second-order valence-corrected chi connectivity index (χ2v) is 7.92. The second-order valence-electron chi connectivity index (χ2n) is 7.92. The van der Waals surface area contributed by atoms with Crippen LogP contribution in [-0.4, -0.2) is 15.5 Å². The number of benzene rings is 2. The number of nitrogens with one attached hydrogen (secondary N) is 1. The Morgan fingerprint density at radius 1 is 1.12 bits per heavy atom. The summed E-state index contributed by atoms with van der Waals surface area (Å²) in [5.74, 6) is 0.909. The Balaban J connectivity index is 2.02. The molecule has 2 aromatic carbocycles. The number of nitrogens with zero attached hydrogens (tertiary/aromatic N) is 2. The van der Waals surface area contributed by atoms with Gasteiger partial charge in [0.2, 0.25) is 5.91 Å². The van der Waals surface area contributed by atoms with Gasteiger partial charge in [0.05, 0.1) is 17.1 Å². The SMILES string of the molecule is Cc1ccccc1Cn1c(C(C)NC(=O)C(C)(C)C)nc2ccccc21. The first kappa shape index (κ1) is 18.2. The Bertz CT molecular complexity index is 934. The van der Waals surface area contributed by atoms with Crippen LogP contribution in [0.15, 0.2) is 48.5 Å². The number of fused-ring (bicyclic) bond motifs is 1. The van der Waals surface area contributed by atoms with Crippen LogP contribution in [0, 0.1) is 12.3 Å². The van der Waals surface area contributed by atoms with Crippen LogP contribution in [0.3, 0.4) is 0 Å². The van der Waals surface area contributed by atoms with Crippen molar-refractivity contribution in [2.45, 2.75) is 47.2 Å². The van der Waals surface area contributed by atoms with Crippen LogP contribution in [0.2, 0.25) is 0 Å². The van der Waals surface area contributed by atoms with Gasteiger partial charge in [-0.1, -0.05) is 57.2 Å². The molecule has 0 spiro atoms. The number of hydrogen-bond acceptors (Lipinski definition) is 2. The van der Waals surface area contributed by atoms with Gasteiger partial charge in [-0.2, -0.15) is 0 Å². The summed E-state index contributed by atoms with van der Waals surface area (Å²) in [6.07, 6.45) is 0. The summed E-state index contributed by atoms with van der Waals surface area (Å²) in [5.41, 5.74) is 4.12. The highest BCUT2D eigenvalue weighted by molar-refractivity contribution is 5.82. The normalized spacial score (nSPS) is 13.0. The van der Waals surface area contributed by atoms with Crippen molar-refractivity contribution < 1.29 is 4.79 Å². The maximum absolute atomic E-state index is 12.4. The molecule has 1 heterocycles. The molecule has 0 saturated carbocycles. The van der Waals surface area contributed by atoms with Crippen LogP contribution < -0.4 is 5.32 Å². The molecule has 0 aliphatic rings. The van der Waals surface area contributed by atoms with Crippen LogP contribution in [-0.2, 0) is 11.3 Å². The Labute approximate surface area is 155 Å². The number of aromatic nitrogens is 2. The van der Waals surface area contributed by atoms with Crippen molar-refractivity contribution in [2.24, 2.45) is 5.41 Å². The van der Waals surface area contributed by atoms with Gasteiger partial charge < -0.3 is 9.88 Å². The van der Waals surface area contributed by atoms with Gasteiger partial charge in [0.15, 0.2) is 0 Å². The number of carbonyl (C=O) groups is 1. The van der Waals surface area contributed by atoms with E-state index in [4.69, 9.17) is 4.98 Å². The summed E-state index contributed by atoms with van der Waals surface area (Å²) in [7, 11) is 0. The second kappa shape index (κ2) is 6.94. The number of aryl methyl sites for hydroxylation is 1. The van der Waals surface area contributed by atoms with Gasteiger partial charge in [0, 0.05) is 12.0 Å². The Hall–Kier alpha value is -2.62. The quantitative estimate of drug-likeness (QED) is 0.747. The fourth-order valence-electron chi connectivity index (χ4n) is 3.03. The Morgan fingerprint density at radius 2 is 1.77 bits per heavy atom. The van der Waals surface area contributed by atoms with Gasteiger partial charge in [-0.3, -0.25) is 4.79 Å². The molecule has 26 heavy (non-hydrogen) atoms. The van der Waals surface area contributed by atoms with Gasteiger partial charge in [-0.15, -0.1) is 0 Å². The zero-order chi connectivity index (χ0) is 18.9. The van der Waals surface area contributed by atoms with E-state index in [0.29, 0.717) is 0 Å². The first-order chi connectivity index (χ1) is 12.3. The zero-order valence-electron chi connectivity index (χ0n) is 16.2. The van der Waals surface area contributed by atoms with Crippen LogP contribution in [0.25, 0.3) is 11.0 Å². The Morgan fingerprint density at radius 3 is 2.46 bits per heavy atom. The highest BCUT2D eigenvalue weighted by atomic mass is 16.2. The molecule has 1 aromatic heterocycles. The molecule has 4 nitrogen and oxygen atoms in total. The van der Waals surface area contributed by atoms with Crippen LogP contribution in [0.5, 0.6) is 0 Å². The van der Waals surface area contributed by atoms with Crippen molar-refractivity contribution in [3.63, 3.8) is 0 Å². The third-order valence-electron chi connectivity index (χ3n) is 4.69. The smallest absolute Gasteiger partial charge is 0.225 e. The molecule has 4 heteroatoms. The summed E-state index contributed by atoms with van der Waals surface area (Å²) in [6, 6.07) is 16.3. The predicted molar refractivity (Wildman–Crippen MR) is 106 cm³/mol. The molecule has 1 atom stereocenters. The molecule has 3 rings (SSSR count). The highest BCUT2D eigenvalue weighted by Crippen LogP contribution is 2.24. The minimum absolute atomic E-state index is 0.0273. The van der Waals surface area contributed by atoms with E-state index in [1.54, 1.807) is 0 Å². The van der Waals surface area contributed by atoms with E-state index < -0.39 is 5.41 Å². The number of imidazole rings is 1. The van der Waals surface area contributed by atoms with Crippen molar-refractivity contribution in [3.8, 4) is 0 Å². The largest absolute Gasteiger partial charge is 0.346 e. The molecule has 0 bridgehead atoms. The average Bonchev–Trinajstić information content (AvgIpc) is 2.95. The molecule has 1 amide bonds. The van der Waals surface area contributed by atoms with Crippen LogP contribution >= 0.6 is 0 Å².